The summed E-state index contributed by atoms with van der Waals surface area (Å²) in [5.41, 5.74) is 0.0457. The lowest BCUT2D eigenvalue weighted by molar-refractivity contribution is 0.00695. The van der Waals surface area contributed by atoms with Gasteiger partial charge in [-0.1, -0.05) is 11.6 Å². The number of benzene rings is 1. The van der Waals surface area contributed by atoms with Crippen LogP contribution in [0.4, 0.5) is 0 Å². The fourth-order valence-electron chi connectivity index (χ4n) is 1.10. The molecule has 16 heavy (non-hydrogen) atoms. The lowest BCUT2D eigenvalue weighted by Crippen LogP contribution is -2.23. The minimum absolute atomic E-state index is 0.282. The van der Waals surface area contributed by atoms with Crippen LogP contribution < -0.4 is 0 Å². The largest absolute Gasteiger partial charge is 0.456 e. The topological polar surface area (TPSA) is 43.4 Å². The second kappa shape index (κ2) is 4.66. The fourth-order valence-corrected chi connectivity index (χ4v) is 1.26. The van der Waals surface area contributed by atoms with Gasteiger partial charge in [0.1, 0.15) is 5.60 Å². The maximum absolute atomic E-state index is 11.7. The quantitative estimate of drug-likeness (QED) is 0.589. The standard InChI is InChI=1S/C12H13ClO3/c1-12(2,3)16-11(15)8-4-5-10(13)9(6-8)7-14/h4-7H,1-3H3. The molecule has 1 aromatic carbocycles. The number of carbonyl (C=O) groups is 2. The van der Waals surface area contributed by atoms with Crippen molar-refractivity contribution in [1.82, 2.24) is 0 Å². The van der Waals surface area contributed by atoms with Crippen molar-refractivity contribution in [3.8, 4) is 0 Å². The van der Waals surface area contributed by atoms with Crippen LogP contribution in [0.25, 0.3) is 0 Å². The van der Waals surface area contributed by atoms with E-state index in [4.69, 9.17) is 16.3 Å². The molecule has 0 aliphatic carbocycles. The monoisotopic (exact) mass is 240 g/mol. The van der Waals surface area contributed by atoms with Crippen LogP contribution in [0.1, 0.15) is 41.5 Å². The second-order valence-electron chi connectivity index (χ2n) is 4.36. The Labute approximate surface area is 99.4 Å². The Balaban J connectivity index is 2.97. The van der Waals surface area contributed by atoms with Gasteiger partial charge in [-0.25, -0.2) is 4.79 Å². The van der Waals surface area contributed by atoms with Gasteiger partial charge in [-0.15, -0.1) is 0 Å². The zero-order valence-corrected chi connectivity index (χ0v) is 10.2. The molecule has 0 aromatic heterocycles. The summed E-state index contributed by atoms with van der Waals surface area (Å²) >= 11 is 5.75. The molecule has 0 aliphatic rings. The summed E-state index contributed by atoms with van der Waals surface area (Å²) in [6.07, 6.45) is 0.607. The maximum Gasteiger partial charge on any atom is 0.338 e. The molecule has 0 spiro atoms. The molecule has 3 nitrogen and oxygen atoms in total. The Morgan fingerprint density at radius 3 is 2.50 bits per heavy atom. The molecular weight excluding hydrogens is 228 g/mol. The van der Waals surface area contributed by atoms with Gasteiger partial charge in [0, 0.05) is 5.56 Å². The van der Waals surface area contributed by atoms with Gasteiger partial charge in [0.05, 0.1) is 10.6 Å². The van der Waals surface area contributed by atoms with E-state index >= 15 is 0 Å². The molecule has 0 unspecified atom stereocenters. The van der Waals surface area contributed by atoms with Crippen LogP contribution in [0, 0.1) is 0 Å². The molecule has 0 fully saturated rings. The minimum Gasteiger partial charge on any atom is -0.456 e. The zero-order chi connectivity index (χ0) is 12.3. The molecule has 0 N–H and O–H groups in total. The predicted molar refractivity (Wildman–Crippen MR) is 62.0 cm³/mol. The third-order valence-electron chi connectivity index (χ3n) is 1.76. The van der Waals surface area contributed by atoms with Gasteiger partial charge in [-0.3, -0.25) is 4.79 Å². The molecule has 0 radical (unpaired) electrons. The SMILES string of the molecule is CC(C)(C)OC(=O)c1ccc(Cl)c(C=O)c1. The molecular formula is C12H13ClO3. The summed E-state index contributed by atoms with van der Waals surface area (Å²) in [5, 5.41) is 0.322. The predicted octanol–water partition coefficient (Wildman–Crippen LogP) is 3.11. The van der Waals surface area contributed by atoms with Crippen molar-refractivity contribution in [2.45, 2.75) is 26.4 Å². The highest BCUT2D eigenvalue weighted by Crippen LogP contribution is 2.18. The smallest absolute Gasteiger partial charge is 0.338 e. The second-order valence-corrected chi connectivity index (χ2v) is 4.76. The van der Waals surface area contributed by atoms with E-state index in [0.717, 1.165) is 0 Å². The molecule has 1 aromatic rings. The third-order valence-corrected chi connectivity index (χ3v) is 2.10. The van der Waals surface area contributed by atoms with Crippen molar-refractivity contribution in [1.29, 1.82) is 0 Å². The number of esters is 1. The molecule has 0 saturated carbocycles. The number of rotatable bonds is 2. The van der Waals surface area contributed by atoms with E-state index in [-0.39, 0.29) is 5.56 Å². The molecule has 1 rings (SSSR count). The van der Waals surface area contributed by atoms with E-state index in [1.165, 1.54) is 18.2 Å². The van der Waals surface area contributed by atoms with Crippen LogP contribution in [-0.4, -0.2) is 17.9 Å². The van der Waals surface area contributed by atoms with Crippen LogP contribution in [-0.2, 0) is 4.74 Å². The Kier molecular flexibility index (Phi) is 3.70. The van der Waals surface area contributed by atoms with Crippen molar-refractivity contribution in [2.75, 3.05) is 0 Å². The molecule has 0 aliphatic heterocycles. The average molecular weight is 241 g/mol. The van der Waals surface area contributed by atoms with Gasteiger partial charge >= 0.3 is 5.97 Å². The molecule has 4 heteroatoms. The first-order valence-electron chi connectivity index (χ1n) is 4.81. The van der Waals surface area contributed by atoms with Crippen LogP contribution in [0.15, 0.2) is 18.2 Å². The summed E-state index contributed by atoms with van der Waals surface area (Å²) in [5.74, 6) is -0.465. The van der Waals surface area contributed by atoms with Crippen molar-refractivity contribution in [2.24, 2.45) is 0 Å². The highest BCUT2D eigenvalue weighted by Gasteiger charge is 2.18. The highest BCUT2D eigenvalue weighted by molar-refractivity contribution is 6.33. The summed E-state index contributed by atoms with van der Waals surface area (Å²) < 4.78 is 5.17. The number of hydrogen-bond donors (Lipinski definition) is 0. The Morgan fingerprint density at radius 2 is 2.00 bits per heavy atom. The summed E-state index contributed by atoms with van der Waals surface area (Å²) in [7, 11) is 0. The van der Waals surface area contributed by atoms with Crippen molar-refractivity contribution in [3.63, 3.8) is 0 Å². The summed E-state index contributed by atoms with van der Waals surface area (Å²) in [4.78, 5) is 22.3. The van der Waals surface area contributed by atoms with Crippen molar-refractivity contribution in [3.05, 3.63) is 34.3 Å². The van der Waals surface area contributed by atoms with Gasteiger partial charge in [-0.05, 0) is 39.0 Å². The summed E-state index contributed by atoms with van der Waals surface area (Å²) in [6.45, 7) is 5.34. The van der Waals surface area contributed by atoms with Crippen LogP contribution in [0.2, 0.25) is 5.02 Å². The molecule has 0 bridgehead atoms. The Hall–Kier alpha value is -1.35. The average Bonchev–Trinajstić information content (AvgIpc) is 2.15. The van der Waals surface area contributed by atoms with E-state index in [1.54, 1.807) is 20.8 Å². The van der Waals surface area contributed by atoms with Crippen LogP contribution >= 0.6 is 11.6 Å². The summed E-state index contributed by atoms with van der Waals surface area (Å²) in [6, 6.07) is 4.46. The van der Waals surface area contributed by atoms with Gasteiger partial charge in [0.25, 0.3) is 0 Å². The van der Waals surface area contributed by atoms with E-state index in [2.05, 4.69) is 0 Å². The lowest BCUT2D eigenvalue weighted by atomic mass is 10.1. The number of halogens is 1. The Bertz CT molecular complexity index is 419. The number of aldehydes is 1. The van der Waals surface area contributed by atoms with E-state index < -0.39 is 11.6 Å². The van der Waals surface area contributed by atoms with E-state index in [1.807, 2.05) is 0 Å². The maximum atomic E-state index is 11.7. The first kappa shape index (κ1) is 12.7. The first-order valence-corrected chi connectivity index (χ1v) is 5.19. The Morgan fingerprint density at radius 1 is 1.38 bits per heavy atom. The molecule has 86 valence electrons. The lowest BCUT2D eigenvalue weighted by Gasteiger charge is -2.19. The van der Waals surface area contributed by atoms with E-state index in [0.29, 0.717) is 16.9 Å². The number of hydrogen-bond acceptors (Lipinski definition) is 3. The van der Waals surface area contributed by atoms with Gasteiger partial charge in [0.2, 0.25) is 0 Å². The normalized spacial score (nSPS) is 11.0. The van der Waals surface area contributed by atoms with Crippen molar-refractivity contribution < 1.29 is 14.3 Å². The highest BCUT2D eigenvalue weighted by atomic mass is 35.5. The van der Waals surface area contributed by atoms with Gasteiger partial charge in [0.15, 0.2) is 6.29 Å². The zero-order valence-electron chi connectivity index (χ0n) is 9.41. The third kappa shape index (κ3) is 3.35. The molecule has 0 heterocycles. The number of ether oxygens (including phenoxy) is 1. The van der Waals surface area contributed by atoms with E-state index in [9.17, 15) is 9.59 Å². The molecule has 0 amide bonds. The first-order chi connectivity index (χ1) is 7.33. The van der Waals surface area contributed by atoms with Gasteiger partial charge in [-0.2, -0.15) is 0 Å². The van der Waals surface area contributed by atoms with Crippen LogP contribution in [0.3, 0.4) is 0 Å². The number of carbonyl (C=O) groups excluding carboxylic acids is 2. The molecule has 0 saturated heterocycles. The van der Waals surface area contributed by atoms with Crippen LogP contribution in [0.5, 0.6) is 0 Å². The molecule has 0 atom stereocenters. The minimum atomic E-state index is -0.557. The van der Waals surface area contributed by atoms with Crippen molar-refractivity contribution >= 4 is 23.9 Å². The fraction of sp³-hybridized carbons (Fsp3) is 0.333. The van der Waals surface area contributed by atoms with Gasteiger partial charge < -0.3 is 4.74 Å².